The molecule has 0 N–H and O–H groups in total. The molecule has 22 heavy (non-hydrogen) atoms. The van der Waals surface area contributed by atoms with Crippen LogP contribution < -0.4 is 4.74 Å². The Labute approximate surface area is 131 Å². The van der Waals surface area contributed by atoms with Crippen LogP contribution in [0.1, 0.15) is 36.0 Å². The molecule has 3 rings (SSSR count). The number of aryl methyl sites for hydroxylation is 1. The summed E-state index contributed by atoms with van der Waals surface area (Å²) in [7, 11) is 0. The Morgan fingerprint density at radius 3 is 3.09 bits per heavy atom. The zero-order chi connectivity index (χ0) is 15.4. The Bertz CT molecular complexity index is 644. The molecule has 2 aromatic rings. The standard InChI is InChI=1S/C17H22N4O/c1-3-9-22-17-14(5-4-7-18-17)11-21-8-6-16-15(12-21)10-19-13(2)20-16/h4-5,7,10H,3,6,8-9,11-12H2,1-2H3. The minimum Gasteiger partial charge on any atom is -0.477 e. The predicted molar refractivity (Wildman–Crippen MR) is 84.6 cm³/mol. The van der Waals surface area contributed by atoms with Gasteiger partial charge in [0.25, 0.3) is 0 Å². The lowest BCUT2D eigenvalue weighted by Crippen LogP contribution is -2.31. The summed E-state index contributed by atoms with van der Waals surface area (Å²) in [6.07, 6.45) is 5.71. The normalized spacial score (nSPS) is 14.6. The van der Waals surface area contributed by atoms with Crippen molar-refractivity contribution in [3.05, 3.63) is 47.2 Å². The molecule has 0 saturated heterocycles. The Hall–Kier alpha value is -2.01. The first-order chi connectivity index (χ1) is 10.8. The van der Waals surface area contributed by atoms with Gasteiger partial charge < -0.3 is 4.74 Å². The maximum absolute atomic E-state index is 5.75. The van der Waals surface area contributed by atoms with Gasteiger partial charge >= 0.3 is 0 Å². The highest BCUT2D eigenvalue weighted by atomic mass is 16.5. The highest BCUT2D eigenvalue weighted by Gasteiger charge is 2.19. The van der Waals surface area contributed by atoms with Crippen molar-refractivity contribution in [2.45, 2.75) is 39.8 Å². The van der Waals surface area contributed by atoms with Crippen molar-refractivity contribution < 1.29 is 4.74 Å². The summed E-state index contributed by atoms with van der Waals surface area (Å²) < 4.78 is 5.75. The molecule has 1 aliphatic heterocycles. The second-order valence-corrected chi connectivity index (χ2v) is 5.67. The SMILES string of the molecule is CCCOc1ncccc1CN1CCc2nc(C)ncc2C1. The molecule has 0 radical (unpaired) electrons. The first kappa shape index (κ1) is 14.9. The lowest BCUT2D eigenvalue weighted by molar-refractivity contribution is 0.233. The van der Waals surface area contributed by atoms with Crippen LogP contribution in [0, 0.1) is 6.92 Å². The van der Waals surface area contributed by atoms with Gasteiger partial charge in [-0.1, -0.05) is 13.0 Å². The Morgan fingerprint density at radius 2 is 2.23 bits per heavy atom. The number of nitrogens with zero attached hydrogens (tertiary/aromatic N) is 4. The fourth-order valence-electron chi connectivity index (χ4n) is 2.72. The van der Waals surface area contributed by atoms with E-state index in [0.29, 0.717) is 6.61 Å². The molecule has 5 nitrogen and oxygen atoms in total. The van der Waals surface area contributed by atoms with Gasteiger partial charge in [-0.2, -0.15) is 0 Å². The van der Waals surface area contributed by atoms with Gasteiger partial charge in [0, 0.05) is 55.3 Å². The molecule has 0 unspecified atom stereocenters. The number of rotatable bonds is 5. The number of pyridine rings is 1. The van der Waals surface area contributed by atoms with Crippen LogP contribution in [-0.2, 0) is 19.5 Å². The lowest BCUT2D eigenvalue weighted by Gasteiger charge is -2.28. The van der Waals surface area contributed by atoms with Crippen LogP contribution in [0.3, 0.4) is 0 Å². The molecular formula is C17H22N4O. The number of fused-ring (bicyclic) bond motifs is 1. The van der Waals surface area contributed by atoms with Gasteiger partial charge in [0.1, 0.15) is 5.82 Å². The van der Waals surface area contributed by atoms with E-state index in [2.05, 4.69) is 32.8 Å². The van der Waals surface area contributed by atoms with Crippen LogP contribution in [0.25, 0.3) is 0 Å². The predicted octanol–water partition coefficient (Wildman–Crippen LogP) is 2.53. The average molecular weight is 298 g/mol. The second kappa shape index (κ2) is 6.83. The van der Waals surface area contributed by atoms with Crippen molar-refractivity contribution in [1.82, 2.24) is 19.9 Å². The molecule has 3 heterocycles. The van der Waals surface area contributed by atoms with E-state index in [1.807, 2.05) is 19.2 Å². The van der Waals surface area contributed by atoms with Crippen LogP contribution >= 0.6 is 0 Å². The largest absolute Gasteiger partial charge is 0.477 e. The van der Waals surface area contributed by atoms with E-state index in [1.165, 1.54) is 11.3 Å². The van der Waals surface area contributed by atoms with Gasteiger partial charge in [0.2, 0.25) is 5.88 Å². The number of ether oxygens (including phenoxy) is 1. The van der Waals surface area contributed by atoms with Crippen molar-refractivity contribution in [1.29, 1.82) is 0 Å². The van der Waals surface area contributed by atoms with E-state index in [0.717, 1.165) is 49.7 Å². The summed E-state index contributed by atoms with van der Waals surface area (Å²) in [4.78, 5) is 15.6. The quantitative estimate of drug-likeness (QED) is 0.849. The van der Waals surface area contributed by atoms with Crippen molar-refractivity contribution in [3.8, 4) is 5.88 Å². The third-order valence-corrected chi connectivity index (χ3v) is 3.82. The van der Waals surface area contributed by atoms with Gasteiger partial charge in [0.15, 0.2) is 0 Å². The van der Waals surface area contributed by atoms with E-state index in [-0.39, 0.29) is 0 Å². The summed E-state index contributed by atoms with van der Waals surface area (Å²) in [5, 5.41) is 0. The maximum Gasteiger partial charge on any atom is 0.217 e. The van der Waals surface area contributed by atoms with Gasteiger partial charge in [-0.3, -0.25) is 4.90 Å². The number of aromatic nitrogens is 3. The number of hydrogen-bond acceptors (Lipinski definition) is 5. The molecule has 2 aromatic heterocycles. The molecule has 5 heteroatoms. The van der Waals surface area contributed by atoms with Gasteiger partial charge in [0.05, 0.1) is 6.61 Å². The highest BCUT2D eigenvalue weighted by Crippen LogP contribution is 2.22. The van der Waals surface area contributed by atoms with Crippen molar-refractivity contribution in [2.75, 3.05) is 13.2 Å². The molecule has 0 aliphatic carbocycles. The van der Waals surface area contributed by atoms with Gasteiger partial charge in [-0.25, -0.2) is 15.0 Å². The number of hydrogen-bond donors (Lipinski definition) is 0. The molecule has 116 valence electrons. The average Bonchev–Trinajstić information content (AvgIpc) is 2.54. The fourth-order valence-corrected chi connectivity index (χ4v) is 2.72. The Morgan fingerprint density at radius 1 is 1.32 bits per heavy atom. The molecule has 0 aromatic carbocycles. The highest BCUT2D eigenvalue weighted by molar-refractivity contribution is 5.26. The molecule has 0 spiro atoms. The molecule has 0 fully saturated rings. The molecule has 0 bridgehead atoms. The molecule has 0 amide bonds. The zero-order valence-corrected chi connectivity index (χ0v) is 13.2. The van der Waals surface area contributed by atoms with E-state index in [1.54, 1.807) is 6.20 Å². The molecule has 1 aliphatic rings. The Balaban J connectivity index is 1.71. The first-order valence-electron chi connectivity index (χ1n) is 7.86. The summed E-state index contributed by atoms with van der Waals surface area (Å²) >= 11 is 0. The second-order valence-electron chi connectivity index (χ2n) is 5.67. The third kappa shape index (κ3) is 3.42. The van der Waals surface area contributed by atoms with E-state index in [9.17, 15) is 0 Å². The van der Waals surface area contributed by atoms with Gasteiger partial charge in [-0.05, 0) is 19.4 Å². The van der Waals surface area contributed by atoms with Crippen LogP contribution in [-0.4, -0.2) is 33.0 Å². The smallest absolute Gasteiger partial charge is 0.217 e. The van der Waals surface area contributed by atoms with E-state index < -0.39 is 0 Å². The maximum atomic E-state index is 5.75. The fraction of sp³-hybridized carbons (Fsp3) is 0.471. The van der Waals surface area contributed by atoms with Crippen molar-refractivity contribution in [3.63, 3.8) is 0 Å². The first-order valence-corrected chi connectivity index (χ1v) is 7.86. The van der Waals surface area contributed by atoms with E-state index in [4.69, 9.17) is 4.74 Å². The molecule has 0 atom stereocenters. The van der Waals surface area contributed by atoms with Crippen LogP contribution in [0.4, 0.5) is 0 Å². The summed E-state index contributed by atoms with van der Waals surface area (Å²) in [6, 6.07) is 4.07. The van der Waals surface area contributed by atoms with Crippen LogP contribution in [0.2, 0.25) is 0 Å². The minimum absolute atomic E-state index is 0.708. The third-order valence-electron chi connectivity index (χ3n) is 3.82. The monoisotopic (exact) mass is 298 g/mol. The van der Waals surface area contributed by atoms with Crippen LogP contribution in [0.5, 0.6) is 5.88 Å². The van der Waals surface area contributed by atoms with Gasteiger partial charge in [-0.15, -0.1) is 0 Å². The summed E-state index contributed by atoms with van der Waals surface area (Å²) in [5.74, 6) is 1.62. The minimum atomic E-state index is 0.708. The molecule has 0 saturated carbocycles. The summed E-state index contributed by atoms with van der Waals surface area (Å²) in [5.41, 5.74) is 3.57. The lowest BCUT2D eigenvalue weighted by atomic mass is 10.1. The topological polar surface area (TPSA) is 51.1 Å². The molecular weight excluding hydrogens is 276 g/mol. The van der Waals surface area contributed by atoms with Crippen molar-refractivity contribution in [2.24, 2.45) is 0 Å². The summed E-state index contributed by atoms with van der Waals surface area (Å²) in [6.45, 7) is 7.50. The van der Waals surface area contributed by atoms with Crippen LogP contribution in [0.15, 0.2) is 24.5 Å². The Kier molecular flexibility index (Phi) is 4.63. The zero-order valence-electron chi connectivity index (χ0n) is 13.2. The van der Waals surface area contributed by atoms with E-state index >= 15 is 0 Å². The van der Waals surface area contributed by atoms with Crippen molar-refractivity contribution >= 4 is 0 Å².